The van der Waals surface area contributed by atoms with Gasteiger partial charge in [-0.25, -0.2) is 0 Å². The van der Waals surface area contributed by atoms with E-state index in [1.54, 1.807) is 0 Å². The van der Waals surface area contributed by atoms with Crippen molar-refractivity contribution in [2.75, 3.05) is 0 Å². The van der Waals surface area contributed by atoms with Gasteiger partial charge in [0.1, 0.15) is 0 Å². The lowest BCUT2D eigenvalue weighted by molar-refractivity contribution is -0.163. The van der Waals surface area contributed by atoms with Gasteiger partial charge in [0.2, 0.25) is 0 Å². The van der Waals surface area contributed by atoms with Gasteiger partial charge in [0.15, 0.2) is 0 Å². The number of carbonyl (C=O) groups is 2. The van der Waals surface area contributed by atoms with Crippen molar-refractivity contribution < 1.29 is 14.3 Å². The molecule has 3 nitrogen and oxygen atoms in total. The molecule has 1 atom stereocenters. The second kappa shape index (κ2) is 27.5. The van der Waals surface area contributed by atoms with Crippen molar-refractivity contribution >= 4 is 11.9 Å². The fourth-order valence-electron chi connectivity index (χ4n) is 3.10. The maximum atomic E-state index is 12.3. The van der Waals surface area contributed by atoms with E-state index in [0.29, 0.717) is 25.7 Å². The number of terminal acetylenes is 1. The highest BCUT2D eigenvalue weighted by molar-refractivity contribution is 5.86. The van der Waals surface area contributed by atoms with E-state index in [1.807, 2.05) is 0 Å². The van der Waals surface area contributed by atoms with Gasteiger partial charge < -0.3 is 4.74 Å². The van der Waals surface area contributed by atoms with Gasteiger partial charge in [0.25, 0.3) is 0 Å². The molecule has 0 aromatic rings. The van der Waals surface area contributed by atoms with E-state index in [9.17, 15) is 9.59 Å². The molecule has 3 heteroatoms. The van der Waals surface area contributed by atoms with Crippen molar-refractivity contribution in [3.05, 3.63) is 0 Å². The first-order valence-corrected chi connectivity index (χ1v) is 13.4. The minimum atomic E-state index is -0.441. The molecular weight excluding hydrogens is 540 g/mol. The maximum Gasteiger partial charge on any atom is 0.316 e. The van der Waals surface area contributed by atoms with Crippen molar-refractivity contribution in [2.24, 2.45) is 5.92 Å². The highest BCUT2D eigenvalue weighted by Gasteiger charge is 2.22. The van der Waals surface area contributed by atoms with Crippen LogP contribution in [-0.4, -0.2) is 11.9 Å². The fourth-order valence-corrected chi connectivity index (χ4v) is 3.10. The zero-order chi connectivity index (χ0) is 31.6. The number of hydrogen-bond donors (Lipinski definition) is 0. The van der Waals surface area contributed by atoms with Crippen LogP contribution in [0.5, 0.6) is 0 Å². The van der Waals surface area contributed by atoms with Crippen molar-refractivity contribution in [1.29, 1.82) is 0 Å². The summed E-state index contributed by atoms with van der Waals surface area (Å²) >= 11 is 0. The van der Waals surface area contributed by atoms with Crippen LogP contribution in [0.25, 0.3) is 0 Å². The lowest BCUT2D eigenvalue weighted by atomic mass is 9.95. The van der Waals surface area contributed by atoms with Crippen molar-refractivity contribution in [3.63, 3.8) is 0 Å². The van der Waals surface area contributed by atoms with Gasteiger partial charge in [0.05, 0.1) is 5.92 Å². The third kappa shape index (κ3) is 22.9. The topological polar surface area (TPSA) is 43.4 Å². The third-order valence-electron chi connectivity index (χ3n) is 5.01. The Kier molecular flexibility index (Phi) is 21.9. The molecule has 1 rings (SSSR count). The quantitative estimate of drug-likeness (QED) is 0.295. The number of hydrogen-bond acceptors (Lipinski definition) is 3. The first-order chi connectivity index (χ1) is 21.7. The molecule has 1 saturated heterocycles. The van der Waals surface area contributed by atoms with Gasteiger partial charge in [-0.15, -0.1) is 6.42 Å². The molecule has 1 unspecified atom stereocenters. The predicted octanol–water partition coefficient (Wildman–Crippen LogP) is 3.26. The van der Waals surface area contributed by atoms with Crippen molar-refractivity contribution in [1.82, 2.24) is 0 Å². The Morgan fingerprint density at radius 3 is 1.30 bits per heavy atom. The highest BCUT2D eigenvalue weighted by Crippen LogP contribution is 2.20. The normalized spacial score (nSPS) is 11.9. The SMILES string of the molecule is C#CC#CC#CC#CC#CC#CC#CC#CC#CC#CC#CC#CC#CC#CCCC1CCCCCCCCC(=O)OC1=O. The summed E-state index contributed by atoms with van der Waals surface area (Å²) in [5.74, 6) is 66.5. The van der Waals surface area contributed by atoms with E-state index in [0.717, 1.165) is 38.5 Å². The number of carbonyl (C=O) groups excluding carboxylic acids is 2. The van der Waals surface area contributed by atoms with E-state index in [1.165, 1.54) is 0 Å². The average Bonchev–Trinajstić information content (AvgIpc) is 3.01. The zero-order valence-electron chi connectivity index (χ0n) is 24.0. The second-order valence-electron chi connectivity index (χ2n) is 8.13. The summed E-state index contributed by atoms with van der Waals surface area (Å²) in [7, 11) is 0. The zero-order valence-corrected chi connectivity index (χ0v) is 24.0. The summed E-state index contributed by atoms with van der Waals surface area (Å²) in [5.41, 5.74) is 0. The molecule has 44 heavy (non-hydrogen) atoms. The molecule has 0 amide bonds. The van der Waals surface area contributed by atoms with Gasteiger partial charge in [0, 0.05) is 72.0 Å². The monoisotopic (exact) mass is 562 g/mol. The highest BCUT2D eigenvalue weighted by atomic mass is 16.6. The average molecular weight is 563 g/mol. The standard InChI is InChI=1S/C41H22O3/c1-2-3-4-5-6-7-8-9-10-11-12-13-14-15-16-17-18-19-20-21-22-23-24-25-26-27-30-33-36-39-37-34-31-28-29-32-35-38-40(42)44-41(39)43/h1,39H,28-29,31-38H2. The molecule has 1 fully saturated rings. The van der Waals surface area contributed by atoms with Crippen molar-refractivity contribution in [3.8, 4) is 166 Å². The summed E-state index contributed by atoms with van der Waals surface area (Å²) in [6.07, 6.45) is 13.0. The lowest BCUT2D eigenvalue weighted by Gasteiger charge is -2.15. The molecule has 0 bridgehead atoms. The van der Waals surface area contributed by atoms with Crippen LogP contribution in [0.15, 0.2) is 0 Å². The second-order valence-corrected chi connectivity index (χ2v) is 8.13. The van der Waals surface area contributed by atoms with Gasteiger partial charge in [-0.2, -0.15) is 0 Å². The number of rotatable bonds is 2. The Morgan fingerprint density at radius 1 is 0.500 bits per heavy atom. The van der Waals surface area contributed by atoms with Gasteiger partial charge in [-0.05, 0) is 114 Å². The number of cyclic esters (lactones) is 2. The van der Waals surface area contributed by atoms with Crippen LogP contribution in [0.3, 0.4) is 0 Å². The summed E-state index contributed by atoms with van der Waals surface area (Å²) in [4.78, 5) is 24.1. The summed E-state index contributed by atoms with van der Waals surface area (Å²) in [6, 6.07) is 0. The molecule has 0 aromatic carbocycles. The van der Waals surface area contributed by atoms with Crippen LogP contribution in [-0.2, 0) is 14.3 Å². The number of esters is 2. The van der Waals surface area contributed by atoms with Crippen LogP contribution in [0.4, 0.5) is 0 Å². The Labute approximate surface area is 262 Å². The molecule has 0 aliphatic carbocycles. The minimum absolute atomic E-state index is 0.295. The Bertz CT molecular complexity index is 1960. The van der Waals surface area contributed by atoms with Crippen molar-refractivity contribution in [2.45, 2.75) is 64.2 Å². The largest absolute Gasteiger partial charge is 0.393 e. The minimum Gasteiger partial charge on any atom is -0.393 e. The molecule has 0 spiro atoms. The van der Waals surface area contributed by atoms with E-state index in [4.69, 9.17) is 11.2 Å². The molecule has 1 heterocycles. The van der Waals surface area contributed by atoms with Crippen LogP contribution in [0.2, 0.25) is 0 Å². The Balaban J connectivity index is 2.42. The van der Waals surface area contributed by atoms with Crippen LogP contribution >= 0.6 is 0 Å². The van der Waals surface area contributed by atoms with E-state index in [-0.39, 0.29) is 5.92 Å². The lowest BCUT2D eigenvalue weighted by Crippen LogP contribution is -2.21. The molecule has 0 radical (unpaired) electrons. The van der Waals surface area contributed by atoms with E-state index in [2.05, 4.69) is 160 Å². The van der Waals surface area contributed by atoms with E-state index >= 15 is 0 Å². The van der Waals surface area contributed by atoms with Gasteiger partial charge >= 0.3 is 11.9 Å². The summed E-state index contributed by atoms with van der Waals surface area (Å²) in [5, 5.41) is 0. The molecule has 0 N–H and O–H groups in total. The first-order valence-electron chi connectivity index (χ1n) is 13.4. The van der Waals surface area contributed by atoms with Crippen LogP contribution in [0.1, 0.15) is 64.2 Å². The molecule has 204 valence electrons. The van der Waals surface area contributed by atoms with Gasteiger partial charge in [-0.1, -0.05) is 38.0 Å². The Hall–Kier alpha value is -7.02. The van der Waals surface area contributed by atoms with Crippen LogP contribution < -0.4 is 0 Å². The molecule has 0 saturated carbocycles. The summed E-state index contributed by atoms with van der Waals surface area (Å²) < 4.78 is 5.02. The number of ether oxygens (including phenoxy) is 1. The third-order valence-corrected chi connectivity index (χ3v) is 5.01. The van der Waals surface area contributed by atoms with E-state index < -0.39 is 11.9 Å². The first kappa shape index (κ1) is 35.0. The van der Waals surface area contributed by atoms with Gasteiger partial charge in [-0.3, -0.25) is 9.59 Å². The molecule has 0 aromatic heterocycles. The smallest absolute Gasteiger partial charge is 0.316 e. The molecule has 1 aliphatic rings. The maximum absolute atomic E-state index is 12.3. The Morgan fingerprint density at radius 2 is 0.864 bits per heavy atom. The molecular formula is C41H22O3. The van der Waals surface area contributed by atoms with Crippen LogP contribution in [0, 0.1) is 172 Å². The summed E-state index contributed by atoms with van der Waals surface area (Å²) in [6.45, 7) is 0. The molecule has 1 aliphatic heterocycles. The fraction of sp³-hybridized carbons (Fsp3) is 0.268. The predicted molar refractivity (Wildman–Crippen MR) is 171 cm³/mol.